The van der Waals surface area contributed by atoms with Crippen molar-refractivity contribution in [1.82, 2.24) is 19.4 Å². The first-order chi connectivity index (χ1) is 15.6. The molecule has 2 aliphatic heterocycles. The molecule has 180 valence electrons. The fraction of sp³-hybridized carbons (Fsp3) is 0.609. The molecule has 1 atom stereocenters. The molecule has 4 rings (SSSR count). The van der Waals surface area contributed by atoms with E-state index in [1.165, 1.54) is 4.31 Å². The lowest BCUT2D eigenvalue weighted by Crippen LogP contribution is -2.56. The van der Waals surface area contributed by atoms with Crippen LogP contribution < -0.4 is 5.32 Å². The second-order valence-electron chi connectivity index (χ2n) is 9.52. The van der Waals surface area contributed by atoms with Gasteiger partial charge in [-0.2, -0.15) is 4.31 Å². The predicted molar refractivity (Wildman–Crippen MR) is 122 cm³/mol. The largest absolute Gasteiger partial charge is 0.338 e. The Hall–Kier alpha value is -2.46. The summed E-state index contributed by atoms with van der Waals surface area (Å²) in [7, 11) is -3.66. The number of sulfonamides is 1. The van der Waals surface area contributed by atoms with Crippen molar-refractivity contribution in [2.75, 3.05) is 26.2 Å². The number of benzene rings is 1. The van der Waals surface area contributed by atoms with Crippen LogP contribution in [-0.4, -0.2) is 78.1 Å². The van der Waals surface area contributed by atoms with Crippen LogP contribution in [0.25, 0.3) is 0 Å². The highest BCUT2D eigenvalue weighted by Crippen LogP contribution is 2.36. The molecule has 2 heterocycles. The van der Waals surface area contributed by atoms with E-state index < -0.39 is 27.6 Å². The highest BCUT2D eigenvalue weighted by Gasteiger charge is 2.55. The molecule has 2 saturated heterocycles. The van der Waals surface area contributed by atoms with Crippen molar-refractivity contribution in [1.29, 1.82) is 0 Å². The number of carbonyl (C=O) groups excluding carboxylic acids is 3. The van der Waals surface area contributed by atoms with E-state index in [2.05, 4.69) is 5.32 Å². The highest BCUT2D eigenvalue weighted by molar-refractivity contribution is 7.89. The molecule has 0 bridgehead atoms. The molecule has 1 aromatic rings. The Balaban J connectivity index is 1.39. The molecule has 3 fully saturated rings. The molecule has 1 aromatic carbocycles. The summed E-state index contributed by atoms with van der Waals surface area (Å²) < 4.78 is 27.5. The van der Waals surface area contributed by atoms with Gasteiger partial charge in [0.15, 0.2) is 0 Å². The highest BCUT2D eigenvalue weighted by atomic mass is 32.2. The molecule has 3 aliphatic rings. The van der Waals surface area contributed by atoms with Crippen LogP contribution in [0.2, 0.25) is 0 Å². The number of amides is 4. The van der Waals surface area contributed by atoms with E-state index in [-0.39, 0.29) is 42.9 Å². The third-order valence-electron chi connectivity index (χ3n) is 7.13. The number of urea groups is 1. The topological polar surface area (TPSA) is 107 Å². The van der Waals surface area contributed by atoms with Gasteiger partial charge in [-0.1, -0.05) is 38.8 Å². The molecular weight excluding hydrogens is 444 g/mol. The summed E-state index contributed by atoms with van der Waals surface area (Å²) in [5.74, 6) is -0.352. The maximum absolute atomic E-state index is 13.1. The lowest BCUT2D eigenvalue weighted by atomic mass is 9.97. The number of imide groups is 1. The first-order valence-electron chi connectivity index (χ1n) is 11.6. The molecule has 1 aliphatic carbocycles. The summed E-state index contributed by atoms with van der Waals surface area (Å²) in [5, 5.41) is 2.80. The number of rotatable bonds is 5. The van der Waals surface area contributed by atoms with Crippen molar-refractivity contribution in [3.63, 3.8) is 0 Å². The summed E-state index contributed by atoms with van der Waals surface area (Å²) in [5.41, 5.74) is 0.210. The zero-order chi connectivity index (χ0) is 24.0. The standard InChI is InChI=1S/C23H32N4O5S/c1-16(2)18-6-8-19(9-7-18)33(31,32)26-14-12-25(13-15-26)20(28)17(3)27-21(29)23(24-22(27)30)10-4-5-11-23/h6-9,16-17H,4-5,10-15H2,1-3H3,(H,24,30). The van der Waals surface area contributed by atoms with E-state index in [1.807, 2.05) is 26.0 Å². The summed E-state index contributed by atoms with van der Waals surface area (Å²) in [6.45, 7) is 6.41. The van der Waals surface area contributed by atoms with Crippen LogP contribution in [0.3, 0.4) is 0 Å². The zero-order valence-electron chi connectivity index (χ0n) is 19.4. The predicted octanol–water partition coefficient (Wildman–Crippen LogP) is 1.90. The van der Waals surface area contributed by atoms with Gasteiger partial charge in [-0.15, -0.1) is 0 Å². The molecule has 33 heavy (non-hydrogen) atoms. The maximum atomic E-state index is 13.1. The van der Waals surface area contributed by atoms with E-state index >= 15 is 0 Å². The van der Waals surface area contributed by atoms with Crippen LogP contribution >= 0.6 is 0 Å². The smallest absolute Gasteiger partial charge is 0.325 e. The summed E-state index contributed by atoms with van der Waals surface area (Å²) in [6.07, 6.45) is 2.95. The normalized spacial score (nSPS) is 22.3. The van der Waals surface area contributed by atoms with E-state index in [0.717, 1.165) is 23.3 Å². The van der Waals surface area contributed by atoms with Gasteiger partial charge in [-0.05, 0) is 43.4 Å². The van der Waals surface area contributed by atoms with Gasteiger partial charge in [0, 0.05) is 26.2 Å². The summed E-state index contributed by atoms with van der Waals surface area (Å²) >= 11 is 0. The number of carbonyl (C=O) groups is 3. The van der Waals surface area contributed by atoms with Crippen LogP contribution in [0.15, 0.2) is 29.2 Å². The minimum Gasteiger partial charge on any atom is -0.338 e. The maximum Gasteiger partial charge on any atom is 0.325 e. The molecule has 1 unspecified atom stereocenters. The van der Waals surface area contributed by atoms with Crippen molar-refractivity contribution in [3.8, 4) is 0 Å². The third kappa shape index (κ3) is 4.14. The quantitative estimate of drug-likeness (QED) is 0.653. The van der Waals surface area contributed by atoms with Crippen LogP contribution in [0, 0.1) is 0 Å². The Bertz CT molecular complexity index is 1040. The average Bonchev–Trinajstić information content (AvgIpc) is 3.37. The van der Waals surface area contributed by atoms with Gasteiger partial charge < -0.3 is 10.2 Å². The molecule has 10 heteroatoms. The summed E-state index contributed by atoms with van der Waals surface area (Å²) in [4.78, 5) is 41.4. The van der Waals surface area contributed by atoms with Gasteiger partial charge in [-0.3, -0.25) is 9.59 Å². The number of hydrogen-bond acceptors (Lipinski definition) is 5. The van der Waals surface area contributed by atoms with Crippen LogP contribution in [0.5, 0.6) is 0 Å². The lowest BCUT2D eigenvalue weighted by Gasteiger charge is -2.36. The third-order valence-corrected chi connectivity index (χ3v) is 9.04. The van der Waals surface area contributed by atoms with Crippen molar-refractivity contribution in [2.24, 2.45) is 0 Å². The second kappa shape index (κ2) is 8.72. The van der Waals surface area contributed by atoms with Crippen LogP contribution in [0.1, 0.15) is 57.9 Å². The van der Waals surface area contributed by atoms with Gasteiger partial charge in [0.05, 0.1) is 4.90 Å². The SMILES string of the molecule is CC(C)c1ccc(S(=O)(=O)N2CCN(C(=O)C(C)N3C(=O)NC4(CCCC4)C3=O)CC2)cc1. The Morgan fingerprint density at radius 3 is 2.09 bits per heavy atom. The average molecular weight is 477 g/mol. The molecule has 1 spiro atoms. The number of hydrogen-bond donors (Lipinski definition) is 1. The Kier molecular flexibility index (Phi) is 6.26. The molecular formula is C23H32N4O5S. The van der Waals surface area contributed by atoms with Crippen molar-refractivity contribution < 1.29 is 22.8 Å². The van der Waals surface area contributed by atoms with E-state index in [4.69, 9.17) is 0 Å². The van der Waals surface area contributed by atoms with Crippen LogP contribution in [0.4, 0.5) is 4.79 Å². The molecule has 4 amide bonds. The number of nitrogens with zero attached hydrogens (tertiary/aromatic N) is 3. The van der Waals surface area contributed by atoms with Crippen molar-refractivity contribution >= 4 is 27.9 Å². The summed E-state index contributed by atoms with van der Waals surface area (Å²) in [6, 6.07) is 5.46. The first kappa shape index (κ1) is 23.7. The number of piperazine rings is 1. The van der Waals surface area contributed by atoms with Gasteiger partial charge >= 0.3 is 6.03 Å². The van der Waals surface area contributed by atoms with Crippen molar-refractivity contribution in [2.45, 2.75) is 68.8 Å². The molecule has 0 aromatic heterocycles. The van der Waals surface area contributed by atoms with Gasteiger partial charge in [0.25, 0.3) is 5.91 Å². The van der Waals surface area contributed by atoms with Crippen LogP contribution in [-0.2, 0) is 19.6 Å². The van der Waals surface area contributed by atoms with Gasteiger partial charge in [0.1, 0.15) is 11.6 Å². The second-order valence-corrected chi connectivity index (χ2v) is 11.5. The van der Waals surface area contributed by atoms with Crippen molar-refractivity contribution in [3.05, 3.63) is 29.8 Å². The van der Waals surface area contributed by atoms with Gasteiger partial charge in [-0.25, -0.2) is 18.1 Å². The monoisotopic (exact) mass is 476 g/mol. The molecule has 0 radical (unpaired) electrons. The van der Waals surface area contributed by atoms with E-state index in [1.54, 1.807) is 24.0 Å². The Labute approximate surface area is 195 Å². The first-order valence-corrected chi connectivity index (χ1v) is 13.1. The van der Waals surface area contributed by atoms with E-state index in [0.29, 0.717) is 18.8 Å². The Morgan fingerprint density at radius 2 is 1.55 bits per heavy atom. The lowest BCUT2D eigenvalue weighted by molar-refractivity contribution is -0.143. The molecule has 9 nitrogen and oxygen atoms in total. The molecule has 1 N–H and O–H groups in total. The minimum absolute atomic E-state index is 0.163. The Morgan fingerprint density at radius 1 is 0.970 bits per heavy atom. The van der Waals surface area contributed by atoms with E-state index in [9.17, 15) is 22.8 Å². The number of nitrogens with one attached hydrogen (secondary N) is 1. The fourth-order valence-corrected chi connectivity index (χ4v) is 6.43. The fourth-order valence-electron chi connectivity index (χ4n) is 5.01. The van der Waals surface area contributed by atoms with Gasteiger partial charge in [0.2, 0.25) is 15.9 Å². The molecule has 1 saturated carbocycles. The minimum atomic E-state index is -3.66. The zero-order valence-corrected chi connectivity index (χ0v) is 20.2.